The Morgan fingerprint density at radius 2 is 1.87 bits per heavy atom. The van der Waals surface area contributed by atoms with Crippen LogP contribution in [0.2, 0.25) is 4.34 Å². The van der Waals surface area contributed by atoms with Crippen molar-refractivity contribution in [2.24, 2.45) is 0 Å². The maximum atomic E-state index is 12.6. The fourth-order valence-corrected chi connectivity index (χ4v) is 4.13. The largest absolute Gasteiger partial charge is 0.467 e. The molecule has 2 N–H and O–H groups in total. The van der Waals surface area contributed by atoms with E-state index in [2.05, 4.69) is 10.6 Å². The fourth-order valence-electron chi connectivity index (χ4n) is 3.17. The number of nitrogens with one attached hydrogen (secondary N) is 2. The average molecular weight is 464 g/mol. The van der Waals surface area contributed by atoms with Crippen molar-refractivity contribution >= 4 is 52.3 Å². The SMILES string of the molecule is COC(=O)[C@H](CNC(=O)c1ccc(Cl)s1)NC(=O)c1ccc(N2CCCCC2=O)cc1. The predicted molar refractivity (Wildman–Crippen MR) is 118 cm³/mol. The smallest absolute Gasteiger partial charge is 0.330 e. The molecule has 0 unspecified atom stereocenters. The number of piperidine rings is 1. The van der Waals surface area contributed by atoms with Crippen LogP contribution in [0.1, 0.15) is 39.3 Å². The van der Waals surface area contributed by atoms with Crippen LogP contribution in [0.5, 0.6) is 0 Å². The van der Waals surface area contributed by atoms with E-state index in [-0.39, 0.29) is 12.5 Å². The van der Waals surface area contributed by atoms with Gasteiger partial charge in [0.25, 0.3) is 11.8 Å². The van der Waals surface area contributed by atoms with Crippen LogP contribution in [0.4, 0.5) is 5.69 Å². The molecule has 3 rings (SSSR count). The zero-order valence-electron chi connectivity index (χ0n) is 16.9. The van der Waals surface area contributed by atoms with Gasteiger partial charge < -0.3 is 20.3 Å². The molecule has 1 aromatic carbocycles. The van der Waals surface area contributed by atoms with Gasteiger partial charge in [0, 0.05) is 30.8 Å². The molecule has 2 heterocycles. The predicted octanol–water partition coefficient (Wildman–Crippen LogP) is 2.62. The molecule has 3 amide bonds. The second-order valence-corrected chi connectivity index (χ2v) is 8.63. The number of hydrogen-bond acceptors (Lipinski definition) is 6. The van der Waals surface area contributed by atoms with Gasteiger partial charge >= 0.3 is 5.97 Å². The van der Waals surface area contributed by atoms with Crippen molar-refractivity contribution in [3.05, 3.63) is 51.2 Å². The van der Waals surface area contributed by atoms with Crippen molar-refractivity contribution in [2.45, 2.75) is 25.3 Å². The first-order valence-electron chi connectivity index (χ1n) is 9.71. The van der Waals surface area contributed by atoms with Gasteiger partial charge in [-0.2, -0.15) is 0 Å². The Balaban J connectivity index is 1.62. The number of carbonyl (C=O) groups excluding carboxylic acids is 4. The molecule has 8 nitrogen and oxygen atoms in total. The summed E-state index contributed by atoms with van der Waals surface area (Å²) in [6.07, 6.45) is 2.35. The molecule has 0 aliphatic carbocycles. The van der Waals surface area contributed by atoms with Crippen molar-refractivity contribution < 1.29 is 23.9 Å². The Bertz CT molecular complexity index is 976. The van der Waals surface area contributed by atoms with E-state index in [9.17, 15) is 19.2 Å². The number of hydrogen-bond donors (Lipinski definition) is 2. The molecule has 0 bridgehead atoms. The van der Waals surface area contributed by atoms with Crippen LogP contribution >= 0.6 is 22.9 Å². The summed E-state index contributed by atoms with van der Waals surface area (Å²) in [5.74, 6) is -1.53. The van der Waals surface area contributed by atoms with Crippen molar-refractivity contribution in [3.63, 3.8) is 0 Å². The van der Waals surface area contributed by atoms with Crippen molar-refractivity contribution in [3.8, 4) is 0 Å². The van der Waals surface area contributed by atoms with Gasteiger partial charge in [0.1, 0.15) is 6.04 Å². The summed E-state index contributed by atoms with van der Waals surface area (Å²) in [6.45, 7) is 0.511. The molecule has 0 spiro atoms. The van der Waals surface area contributed by atoms with Crippen LogP contribution < -0.4 is 15.5 Å². The lowest BCUT2D eigenvalue weighted by Crippen LogP contribution is -2.48. The number of ether oxygens (including phenoxy) is 1. The highest BCUT2D eigenvalue weighted by Crippen LogP contribution is 2.22. The first kappa shape index (κ1) is 22.8. The van der Waals surface area contributed by atoms with E-state index in [0.29, 0.717) is 27.7 Å². The number of thiophene rings is 1. The molecule has 1 aliphatic rings. The van der Waals surface area contributed by atoms with Crippen LogP contribution in [0, 0.1) is 0 Å². The second-order valence-electron chi connectivity index (χ2n) is 6.91. The van der Waals surface area contributed by atoms with Gasteiger partial charge in [0.15, 0.2) is 0 Å². The second kappa shape index (κ2) is 10.4. The summed E-state index contributed by atoms with van der Waals surface area (Å²) < 4.78 is 5.20. The molecule has 0 saturated carbocycles. The van der Waals surface area contributed by atoms with Gasteiger partial charge in [-0.05, 0) is 49.2 Å². The Kier molecular flexibility index (Phi) is 7.64. The number of halogens is 1. The lowest BCUT2D eigenvalue weighted by molar-refractivity contribution is -0.142. The van der Waals surface area contributed by atoms with Gasteiger partial charge in [0.2, 0.25) is 5.91 Å². The van der Waals surface area contributed by atoms with Crippen LogP contribution in [0.3, 0.4) is 0 Å². The molecular weight excluding hydrogens is 442 g/mol. The zero-order valence-corrected chi connectivity index (χ0v) is 18.4. The van der Waals surface area contributed by atoms with Crippen molar-refractivity contribution in [1.82, 2.24) is 10.6 Å². The third-order valence-electron chi connectivity index (χ3n) is 4.82. The molecule has 1 aromatic heterocycles. The Labute approximate surface area is 188 Å². The lowest BCUT2D eigenvalue weighted by atomic mass is 10.1. The molecular formula is C21H22ClN3O5S. The van der Waals surface area contributed by atoms with Crippen LogP contribution in [0.15, 0.2) is 36.4 Å². The normalized spacial score (nSPS) is 14.6. The molecule has 2 aromatic rings. The number of benzene rings is 1. The van der Waals surface area contributed by atoms with E-state index < -0.39 is 23.8 Å². The van der Waals surface area contributed by atoms with Gasteiger partial charge in [-0.25, -0.2) is 4.79 Å². The number of carbonyl (C=O) groups is 4. The van der Waals surface area contributed by atoms with Gasteiger partial charge in [-0.3, -0.25) is 14.4 Å². The van der Waals surface area contributed by atoms with E-state index in [1.54, 1.807) is 41.3 Å². The fraction of sp³-hybridized carbons (Fsp3) is 0.333. The molecule has 1 saturated heterocycles. The summed E-state index contributed by atoms with van der Waals surface area (Å²) in [5, 5.41) is 5.17. The zero-order chi connectivity index (χ0) is 22.4. The number of amides is 3. The molecule has 31 heavy (non-hydrogen) atoms. The first-order valence-corrected chi connectivity index (χ1v) is 10.9. The molecule has 1 aliphatic heterocycles. The molecule has 0 radical (unpaired) electrons. The van der Waals surface area contributed by atoms with E-state index in [0.717, 1.165) is 29.9 Å². The number of anilines is 1. The first-order chi connectivity index (χ1) is 14.9. The third kappa shape index (κ3) is 5.83. The summed E-state index contributed by atoms with van der Waals surface area (Å²) in [6, 6.07) is 8.69. The summed E-state index contributed by atoms with van der Waals surface area (Å²) in [7, 11) is 1.20. The third-order valence-corrected chi connectivity index (χ3v) is 6.05. The minimum absolute atomic E-state index is 0.0666. The Morgan fingerprint density at radius 3 is 2.48 bits per heavy atom. The summed E-state index contributed by atoms with van der Waals surface area (Å²) >= 11 is 6.94. The number of nitrogens with zero attached hydrogens (tertiary/aromatic N) is 1. The highest BCUT2D eigenvalue weighted by Gasteiger charge is 2.24. The number of esters is 1. The van der Waals surface area contributed by atoms with Crippen molar-refractivity contribution in [1.29, 1.82) is 0 Å². The minimum atomic E-state index is -1.07. The monoisotopic (exact) mass is 463 g/mol. The minimum Gasteiger partial charge on any atom is -0.467 e. The number of rotatable bonds is 7. The van der Waals surface area contributed by atoms with Crippen molar-refractivity contribution in [2.75, 3.05) is 25.1 Å². The van der Waals surface area contributed by atoms with Gasteiger partial charge in [-0.15, -0.1) is 11.3 Å². The Morgan fingerprint density at radius 1 is 1.13 bits per heavy atom. The quantitative estimate of drug-likeness (QED) is 0.614. The maximum Gasteiger partial charge on any atom is 0.330 e. The standard InChI is InChI=1S/C21H22ClN3O5S/c1-30-21(29)15(12-23-20(28)16-9-10-17(22)31-16)24-19(27)13-5-7-14(8-6-13)25-11-3-2-4-18(25)26/h5-10,15H,2-4,11-12H2,1H3,(H,23,28)(H,24,27)/t15-/m0/s1. The van der Waals surface area contributed by atoms with E-state index in [1.165, 1.54) is 7.11 Å². The van der Waals surface area contributed by atoms with E-state index in [1.807, 2.05) is 0 Å². The summed E-state index contributed by atoms with van der Waals surface area (Å²) in [5.41, 5.74) is 1.05. The molecule has 1 fully saturated rings. The Hall–Kier alpha value is -2.91. The van der Waals surface area contributed by atoms with E-state index >= 15 is 0 Å². The topological polar surface area (TPSA) is 105 Å². The van der Waals surface area contributed by atoms with E-state index in [4.69, 9.17) is 16.3 Å². The van der Waals surface area contributed by atoms with Crippen LogP contribution in [-0.2, 0) is 14.3 Å². The maximum absolute atomic E-state index is 12.6. The number of methoxy groups -OCH3 is 1. The molecule has 10 heteroatoms. The van der Waals surface area contributed by atoms with Gasteiger partial charge in [-0.1, -0.05) is 11.6 Å². The van der Waals surface area contributed by atoms with Crippen LogP contribution in [-0.4, -0.2) is 49.9 Å². The summed E-state index contributed by atoms with van der Waals surface area (Å²) in [4.78, 5) is 51.0. The highest BCUT2D eigenvalue weighted by molar-refractivity contribution is 7.18. The molecule has 164 valence electrons. The van der Waals surface area contributed by atoms with Gasteiger partial charge in [0.05, 0.1) is 16.3 Å². The average Bonchev–Trinajstić information content (AvgIpc) is 3.22. The van der Waals surface area contributed by atoms with Crippen LogP contribution in [0.25, 0.3) is 0 Å². The highest BCUT2D eigenvalue weighted by atomic mass is 35.5. The molecule has 1 atom stereocenters. The lowest BCUT2D eigenvalue weighted by Gasteiger charge is -2.26.